The van der Waals surface area contributed by atoms with E-state index in [1.54, 1.807) is 36.4 Å². The van der Waals surface area contributed by atoms with Gasteiger partial charge in [-0.1, -0.05) is 35.9 Å². The smallest absolute Gasteiger partial charge is 0.269 e. The minimum absolute atomic E-state index is 0.0386. The number of aryl methyl sites for hydroxylation is 1. The third-order valence-corrected chi connectivity index (χ3v) is 4.65. The summed E-state index contributed by atoms with van der Waals surface area (Å²) in [6.45, 7) is 1.90. The molecule has 0 saturated heterocycles. The van der Waals surface area contributed by atoms with Crippen LogP contribution in [0.4, 0.5) is 17.1 Å². The molecule has 3 aromatic rings. The fourth-order valence-corrected chi connectivity index (χ4v) is 3.08. The lowest BCUT2D eigenvalue weighted by Gasteiger charge is -2.20. The molecule has 0 aromatic heterocycles. The van der Waals surface area contributed by atoms with Crippen molar-refractivity contribution in [3.8, 4) is 0 Å². The van der Waals surface area contributed by atoms with Crippen LogP contribution >= 0.6 is 0 Å². The topological polar surface area (TPSA) is 115 Å². The van der Waals surface area contributed by atoms with Crippen LogP contribution in [0, 0.1) is 27.2 Å². The van der Waals surface area contributed by atoms with E-state index in [9.17, 15) is 25.0 Å². The van der Waals surface area contributed by atoms with Gasteiger partial charge >= 0.3 is 0 Å². The molecule has 0 amide bonds. The Morgan fingerprint density at radius 3 is 2.00 bits per heavy atom. The number of hydrogen-bond donors (Lipinski definition) is 1. The first-order valence-electron chi connectivity index (χ1n) is 9.18. The average molecular weight is 405 g/mol. The van der Waals surface area contributed by atoms with E-state index in [0.717, 1.165) is 5.56 Å². The van der Waals surface area contributed by atoms with Gasteiger partial charge in [0.2, 0.25) is 0 Å². The molecule has 0 aliphatic heterocycles. The molecular weight excluding hydrogens is 386 g/mol. The third kappa shape index (κ3) is 5.05. The van der Waals surface area contributed by atoms with Crippen LogP contribution in [0.2, 0.25) is 0 Å². The molecule has 0 aliphatic rings. The second-order valence-corrected chi connectivity index (χ2v) is 6.85. The Hall–Kier alpha value is -4.07. The lowest BCUT2D eigenvalue weighted by atomic mass is 9.96. The summed E-state index contributed by atoms with van der Waals surface area (Å²) in [5, 5.41) is 25.0. The van der Waals surface area contributed by atoms with Gasteiger partial charge in [0.25, 0.3) is 11.4 Å². The Morgan fingerprint density at radius 2 is 1.47 bits per heavy atom. The van der Waals surface area contributed by atoms with E-state index in [4.69, 9.17) is 0 Å². The van der Waals surface area contributed by atoms with E-state index in [1.165, 1.54) is 24.3 Å². The molecule has 0 aliphatic carbocycles. The first kappa shape index (κ1) is 20.7. The third-order valence-electron chi connectivity index (χ3n) is 4.65. The molecule has 0 radical (unpaired) electrons. The highest BCUT2D eigenvalue weighted by Gasteiger charge is 2.19. The highest BCUT2D eigenvalue weighted by atomic mass is 16.6. The summed E-state index contributed by atoms with van der Waals surface area (Å²) in [6.07, 6.45) is 0.109. The highest BCUT2D eigenvalue weighted by molar-refractivity contribution is 5.96. The minimum Gasteiger partial charge on any atom is -0.378 e. The normalized spacial score (nSPS) is 11.5. The summed E-state index contributed by atoms with van der Waals surface area (Å²) in [5.74, 6) is -0.0866. The van der Waals surface area contributed by atoms with Crippen molar-refractivity contribution in [1.82, 2.24) is 0 Å². The van der Waals surface area contributed by atoms with Gasteiger partial charge in [-0.2, -0.15) is 0 Å². The molecule has 0 bridgehead atoms. The second-order valence-electron chi connectivity index (χ2n) is 6.85. The Morgan fingerprint density at radius 1 is 0.900 bits per heavy atom. The van der Waals surface area contributed by atoms with Crippen molar-refractivity contribution in [2.24, 2.45) is 0 Å². The van der Waals surface area contributed by atoms with E-state index in [2.05, 4.69) is 5.32 Å². The van der Waals surface area contributed by atoms with Crippen molar-refractivity contribution in [3.63, 3.8) is 0 Å². The Kier molecular flexibility index (Phi) is 6.17. The zero-order chi connectivity index (χ0) is 21.7. The Balaban J connectivity index is 1.88. The molecule has 8 nitrogen and oxygen atoms in total. The average Bonchev–Trinajstić information content (AvgIpc) is 2.73. The number of benzene rings is 3. The maximum absolute atomic E-state index is 12.9. The predicted octanol–water partition coefficient (Wildman–Crippen LogP) is 5.24. The van der Waals surface area contributed by atoms with Gasteiger partial charge < -0.3 is 5.32 Å². The number of nitrogens with zero attached hydrogens (tertiary/aromatic N) is 2. The summed E-state index contributed by atoms with van der Waals surface area (Å²) in [6, 6.07) is 18.6. The number of nitro groups is 2. The number of nitro benzene ring substituents is 2. The SMILES string of the molecule is Cc1cccc(C(=O)CC(Nc2ccc([N+](=O)[O-])cc2)c2ccc([N+](=O)[O-])cc2)c1. The Bertz CT molecular complexity index is 1080. The maximum atomic E-state index is 12.9. The fraction of sp³-hybridized carbons (Fsp3) is 0.136. The van der Waals surface area contributed by atoms with Crippen LogP contribution in [0.3, 0.4) is 0 Å². The molecule has 3 aromatic carbocycles. The number of carbonyl (C=O) groups excluding carboxylic acids is 1. The van der Waals surface area contributed by atoms with Crippen LogP contribution in [0.25, 0.3) is 0 Å². The number of carbonyl (C=O) groups is 1. The second kappa shape index (κ2) is 8.95. The molecule has 8 heteroatoms. The van der Waals surface area contributed by atoms with Gasteiger partial charge in [-0.05, 0) is 30.7 Å². The van der Waals surface area contributed by atoms with Gasteiger partial charge in [0, 0.05) is 41.9 Å². The van der Waals surface area contributed by atoms with Crippen molar-refractivity contribution in [2.45, 2.75) is 19.4 Å². The molecule has 30 heavy (non-hydrogen) atoms. The van der Waals surface area contributed by atoms with Gasteiger partial charge in [-0.25, -0.2) is 0 Å². The molecule has 3 rings (SSSR count). The molecular formula is C22H19N3O5. The molecule has 0 fully saturated rings. The van der Waals surface area contributed by atoms with E-state index in [-0.39, 0.29) is 23.6 Å². The summed E-state index contributed by atoms with van der Waals surface area (Å²) < 4.78 is 0. The largest absolute Gasteiger partial charge is 0.378 e. The van der Waals surface area contributed by atoms with Crippen LogP contribution in [0.5, 0.6) is 0 Å². The zero-order valence-corrected chi connectivity index (χ0v) is 16.1. The standard InChI is InChI=1S/C22H19N3O5/c1-15-3-2-4-17(13-15)22(26)14-21(16-5-9-19(10-6-16)24(27)28)23-18-7-11-20(12-8-18)25(29)30/h2-13,21,23H,14H2,1H3. The lowest BCUT2D eigenvalue weighted by molar-refractivity contribution is -0.385. The molecule has 0 spiro atoms. The highest BCUT2D eigenvalue weighted by Crippen LogP contribution is 2.27. The van der Waals surface area contributed by atoms with E-state index < -0.39 is 15.9 Å². The van der Waals surface area contributed by atoms with E-state index in [1.807, 2.05) is 19.1 Å². The molecule has 1 atom stereocenters. The van der Waals surface area contributed by atoms with Crippen molar-refractivity contribution < 1.29 is 14.6 Å². The van der Waals surface area contributed by atoms with E-state index in [0.29, 0.717) is 16.8 Å². The number of anilines is 1. The summed E-state index contributed by atoms with van der Waals surface area (Å²) in [5.41, 5.74) is 2.76. The van der Waals surface area contributed by atoms with Crippen LogP contribution in [-0.2, 0) is 0 Å². The van der Waals surface area contributed by atoms with Gasteiger partial charge in [0.05, 0.1) is 15.9 Å². The van der Waals surface area contributed by atoms with Crippen molar-refractivity contribution >= 4 is 22.8 Å². The van der Waals surface area contributed by atoms with Crippen molar-refractivity contribution in [3.05, 3.63) is 110 Å². The van der Waals surface area contributed by atoms with Crippen molar-refractivity contribution in [2.75, 3.05) is 5.32 Å². The summed E-state index contributed by atoms with van der Waals surface area (Å²) >= 11 is 0. The van der Waals surface area contributed by atoms with Gasteiger partial charge in [-0.15, -0.1) is 0 Å². The fourth-order valence-electron chi connectivity index (χ4n) is 3.08. The van der Waals surface area contributed by atoms with Crippen LogP contribution in [0.15, 0.2) is 72.8 Å². The zero-order valence-electron chi connectivity index (χ0n) is 16.1. The first-order chi connectivity index (χ1) is 14.3. The summed E-state index contributed by atoms with van der Waals surface area (Å²) in [7, 11) is 0. The predicted molar refractivity (Wildman–Crippen MR) is 113 cm³/mol. The van der Waals surface area contributed by atoms with Crippen LogP contribution in [-0.4, -0.2) is 15.6 Å². The number of hydrogen-bond acceptors (Lipinski definition) is 6. The number of ketones is 1. The molecule has 1 N–H and O–H groups in total. The molecule has 0 saturated carbocycles. The number of rotatable bonds is 8. The monoisotopic (exact) mass is 405 g/mol. The number of non-ortho nitro benzene ring substituents is 2. The lowest BCUT2D eigenvalue weighted by Crippen LogP contribution is -2.16. The minimum atomic E-state index is -0.487. The van der Waals surface area contributed by atoms with Crippen molar-refractivity contribution in [1.29, 1.82) is 0 Å². The molecule has 152 valence electrons. The van der Waals surface area contributed by atoms with Crippen LogP contribution in [0.1, 0.15) is 33.9 Å². The number of nitrogens with one attached hydrogen (secondary N) is 1. The van der Waals surface area contributed by atoms with Gasteiger partial charge in [-0.3, -0.25) is 25.0 Å². The summed E-state index contributed by atoms with van der Waals surface area (Å²) in [4.78, 5) is 33.7. The van der Waals surface area contributed by atoms with Crippen LogP contribution < -0.4 is 5.32 Å². The number of Topliss-reactive ketones (excluding diaryl/α,β-unsaturated/α-hetero) is 1. The quantitative estimate of drug-likeness (QED) is 0.311. The van der Waals surface area contributed by atoms with Gasteiger partial charge in [0.15, 0.2) is 5.78 Å². The Labute approximate surface area is 172 Å². The van der Waals surface area contributed by atoms with Gasteiger partial charge in [0.1, 0.15) is 0 Å². The van der Waals surface area contributed by atoms with E-state index >= 15 is 0 Å². The first-order valence-corrected chi connectivity index (χ1v) is 9.18. The molecule has 1 unspecified atom stereocenters. The maximum Gasteiger partial charge on any atom is 0.269 e. The molecule has 0 heterocycles.